The van der Waals surface area contributed by atoms with Gasteiger partial charge in [0.25, 0.3) is 5.91 Å². The maximum atomic E-state index is 13.0. The van der Waals surface area contributed by atoms with E-state index in [0.717, 1.165) is 11.0 Å². The highest BCUT2D eigenvalue weighted by Crippen LogP contribution is 2.65. The molecule has 0 radical (unpaired) electrons. The maximum Gasteiger partial charge on any atom is 0.257 e. The lowest BCUT2D eigenvalue weighted by molar-refractivity contribution is -0.117. The standard InChI is InChI=1S/C24H15Cl5N4O2/c25-12-5-11(6-13(26)7-12)20-21(24(20,28)29)23(35)33-14-1-3-17(27)16(8-14)22(34)32-15-2-4-18-19(9-15)31-10-30-18/h1-10,20-21H,(H,30,31)(H,32,34)(H,33,35)/t20-,21+/m1/s1. The summed E-state index contributed by atoms with van der Waals surface area (Å²) >= 11 is 31.3. The molecule has 1 saturated carbocycles. The molecule has 1 aromatic heterocycles. The van der Waals surface area contributed by atoms with Crippen LogP contribution in [0.1, 0.15) is 21.8 Å². The van der Waals surface area contributed by atoms with Crippen LogP contribution in [0.4, 0.5) is 11.4 Å². The van der Waals surface area contributed by atoms with Gasteiger partial charge in [-0.05, 0) is 60.2 Å². The number of H-pyrrole nitrogens is 1. The second-order valence-electron chi connectivity index (χ2n) is 8.11. The van der Waals surface area contributed by atoms with E-state index in [1.807, 2.05) is 0 Å². The van der Waals surface area contributed by atoms with Gasteiger partial charge in [-0.2, -0.15) is 0 Å². The number of hydrogen-bond acceptors (Lipinski definition) is 3. The highest BCUT2D eigenvalue weighted by molar-refractivity contribution is 6.53. The molecule has 2 amide bonds. The van der Waals surface area contributed by atoms with Crippen LogP contribution >= 0.6 is 58.0 Å². The number of aromatic amines is 1. The summed E-state index contributed by atoms with van der Waals surface area (Å²) in [6, 6.07) is 14.8. The first-order chi connectivity index (χ1) is 16.6. The molecule has 11 heteroatoms. The lowest BCUT2D eigenvalue weighted by Crippen LogP contribution is -2.18. The van der Waals surface area contributed by atoms with E-state index in [9.17, 15) is 9.59 Å². The van der Waals surface area contributed by atoms with E-state index in [2.05, 4.69) is 20.6 Å². The van der Waals surface area contributed by atoms with Gasteiger partial charge >= 0.3 is 0 Å². The van der Waals surface area contributed by atoms with Gasteiger partial charge in [0.15, 0.2) is 0 Å². The number of rotatable bonds is 5. The van der Waals surface area contributed by atoms with Crippen molar-refractivity contribution >= 4 is 92.2 Å². The van der Waals surface area contributed by atoms with E-state index in [1.165, 1.54) is 12.1 Å². The second kappa shape index (κ2) is 9.19. The van der Waals surface area contributed by atoms with Gasteiger partial charge in [-0.25, -0.2) is 4.98 Å². The van der Waals surface area contributed by atoms with E-state index in [1.54, 1.807) is 48.8 Å². The fraction of sp³-hybridized carbons (Fsp3) is 0.125. The minimum atomic E-state index is -1.32. The molecule has 1 heterocycles. The van der Waals surface area contributed by atoms with E-state index >= 15 is 0 Å². The Morgan fingerprint density at radius 1 is 0.886 bits per heavy atom. The Morgan fingerprint density at radius 2 is 1.57 bits per heavy atom. The van der Waals surface area contributed by atoms with Gasteiger partial charge in [-0.3, -0.25) is 9.59 Å². The van der Waals surface area contributed by atoms with Crippen molar-refractivity contribution in [3.63, 3.8) is 0 Å². The third-order valence-corrected chi connectivity index (χ3v) is 7.44. The Balaban J connectivity index is 1.33. The van der Waals surface area contributed by atoms with Crippen LogP contribution in [0.25, 0.3) is 11.0 Å². The van der Waals surface area contributed by atoms with Crippen LogP contribution in [-0.2, 0) is 4.79 Å². The quantitative estimate of drug-likeness (QED) is 0.221. The van der Waals surface area contributed by atoms with Crippen LogP contribution in [-0.4, -0.2) is 26.1 Å². The number of alkyl halides is 2. The van der Waals surface area contributed by atoms with Crippen molar-refractivity contribution < 1.29 is 9.59 Å². The number of aromatic nitrogens is 2. The molecule has 6 nitrogen and oxygen atoms in total. The van der Waals surface area contributed by atoms with Crippen molar-refractivity contribution in [2.45, 2.75) is 10.3 Å². The monoisotopic (exact) mass is 566 g/mol. The largest absolute Gasteiger partial charge is 0.345 e. The van der Waals surface area contributed by atoms with Crippen molar-refractivity contribution in [3.8, 4) is 0 Å². The minimum absolute atomic E-state index is 0.186. The molecule has 0 unspecified atom stereocenters. The molecular weight excluding hydrogens is 554 g/mol. The average molecular weight is 569 g/mol. The smallest absolute Gasteiger partial charge is 0.257 e. The normalized spacial score (nSPS) is 18.3. The topological polar surface area (TPSA) is 86.9 Å². The second-order valence-corrected chi connectivity index (χ2v) is 10.8. The van der Waals surface area contributed by atoms with Crippen LogP contribution in [0.2, 0.25) is 15.1 Å². The first kappa shape index (κ1) is 24.2. The zero-order valence-electron chi connectivity index (χ0n) is 17.6. The van der Waals surface area contributed by atoms with Crippen molar-refractivity contribution in [1.29, 1.82) is 0 Å². The number of fused-ring (bicyclic) bond motifs is 1. The lowest BCUT2D eigenvalue weighted by Gasteiger charge is -2.10. The van der Waals surface area contributed by atoms with Crippen LogP contribution in [0.15, 0.2) is 60.9 Å². The fourth-order valence-corrected chi connectivity index (χ4v) is 5.61. The van der Waals surface area contributed by atoms with Gasteiger partial charge in [0.05, 0.1) is 33.9 Å². The van der Waals surface area contributed by atoms with Crippen molar-refractivity contribution in [2.75, 3.05) is 10.6 Å². The van der Waals surface area contributed by atoms with Crippen LogP contribution in [0.3, 0.4) is 0 Å². The molecule has 3 N–H and O–H groups in total. The minimum Gasteiger partial charge on any atom is -0.345 e. The number of halogens is 5. The number of hydrogen-bond donors (Lipinski definition) is 3. The van der Waals surface area contributed by atoms with Crippen LogP contribution in [0.5, 0.6) is 0 Å². The number of nitrogens with zero attached hydrogens (tertiary/aromatic N) is 1. The van der Waals surface area contributed by atoms with E-state index in [4.69, 9.17) is 58.0 Å². The highest BCUT2D eigenvalue weighted by Gasteiger charge is 2.67. The lowest BCUT2D eigenvalue weighted by atomic mass is 10.1. The molecular formula is C24H15Cl5N4O2. The summed E-state index contributed by atoms with van der Waals surface area (Å²) in [5, 5.41) is 6.63. The van der Waals surface area contributed by atoms with E-state index < -0.39 is 28.0 Å². The van der Waals surface area contributed by atoms with Gasteiger partial charge in [0.1, 0.15) is 4.33 Å². The molecule has 3 aromatic carbocycles. The maximum absolute atomic E-state index is 13.0. The summed E-state index contributed by atoms with van der Waals surface area (Å²) < 4.78 is -1.32. The summed E-state index contributed by atoms with van der Waals surface area (Å²) in [6.07, 6.45) is 1.57. The van der Waals surface area contributed by atoms with E-state index in [-0.39, 0.29) is 10.6 Å². The molecule has 1 aliphatic rings. The Kier molecular flexibility index (Phi) is 6.36. The van der Waals surface area contributed by atoms with E-state index in [0.29, 0.717) is 27.0 Å². The molecule has 5 rings (SSSR count). The summed E-state index contributed by atoms with van der Waals surface area (Å²) in [6.45, 7) is 0. The third kappa shape index (κ3) is 4.82. The first-order valence-electron chi connectivity index (χ1n) is 10.3. The van der Waals surface area contributed by atoms with Gasteiger partial charge in [-0.15, -0.1) is 23.2 Å². The number of carbonyl (C=O) groups excluding carboxylic acids is 2. The Bertz CT molecular complexity index is 1470. The predicted octanol–water partition coefficient (Wildman–Crippen LogP) is 7.30. The van der Waals surface area contributed by atoms with Crippen molar-refractivity contribution in [3.05, 3.63) is 87.1 Å². The van der Waals surface area contributed by atoms with Crippen LogP contribution < -0.4 is 10.6 Å². The molecule has 178 valence electrons. The zero-order chi connectivity index (χ0) is 24.9. The molecule has 0 saturated heterocycles. The van der Waals surface area contributed by atoms with Gasteiger partial charge < -0.3 is 15.6 Å². The molecule has 1 fully saturated rings. The molecule has 1 aliphatic carbocycles. The number of imidazole rings is 1. The van der Waals surface area contributed by atoms with Crippen LogP contribution in [0, 0.1) is 5.92 Å². The SMILES string of the molecule is O=C(Nc1ccc2nc[nH]c2c1)c1cc(NC(=O)[C@@H]2[C@@H](c3cc(Cl)cc(Cl)c3)C2(Cl)Cl)ccc1Cl. The Hall–Kier alpha value is -2.48. The Morgan fingerprint density at radius 3 is 2.31 bits per heavy atom. The summed E-state index contributed by atoms with van der Waals surface area (Å²) in [5.74, 6) is -2.08. The van der Waals surface area contributed by atoms with Gasteiger partial charge in [0, 0.05) is 27.3 Å². The molecule has 35 heavy (non-hydrogen) atoms. The fourth-order valence-electron chi connectivity index (χ4n) is 4.03. The number of anilines is 2. The predicted molar refractivity (Wildman–Crippen MR) is 141 cm³/mol. The summed E-state index contributed by atoms with van der Waals surface area (Å²) in [7, 11) is 0. The highest BCUT2D eigenvalue weighted by atomic mass is 35.5. The molecule has 0 aliphatic heterocycles. The molecule has 0 bridgehead atoms. The number of amides is 2. The number of benzene rings is 3. The average Bonchev–Trinajstić information content (AvgIpc) is 3.11. The number of carbonyl (C=O) groups is 2. The zero-order valence-corrected chi connectivity index (χ0v) is 21.4. The third-order valence-electron chi connectivity index (χ3n) is 5.74. The van der Waals surface area contributed by atoms with Crippen molar-refractivity contribution in [1.82, 2.24) is 9.97 Å². The summed E-state index contributed by atoms with van der Waals surface area (Å²) in [5.41, 5.74) is 3.34. The first-order valence-corrected chi connectivity index (χ1v) is 12.2. The van der Waals surface area contributed by atoms with Crippen molar-refractivity contribution in [2.24, 2.45) is 5.92 Å². The number of nitrogens with one attached hydrogen (secondary N) is 3. The molecule has 4 aromatic rings. The van der Waals surface area contributed by atoms with Gasteiger partial charge in [0.2, 0.25) is 5.91 Å². The molecule has 0 spiro atoms. The Labute approximate surface area is 224 Å². The van der Waals surface area contributed by atoms with Gasteiger partial charge in [-0.1, -0.05) is 34.8 Å². The molecule has 2 atom stereocenters. The summed E-state index contributed by atoms with van der Waals surface area (Å²) in [4.78, 5) is 33.0.